The van der Waals surface area contributed by atoms with Crippen LogP contribution in [-0.4, -0.2) is 59.9 Å². The molecule has 5 heteroatoms. The predicted molar refractivity (Wildman–Crippen MR) is 77.9 cm³/mol. The molecule has 0 aromatic heterocycles. The Morgan fingerprint density at radius 1 is 1.45 bits per heavy atom. The lowest BCUT2D eigenvalue weighted by Gasteiger charge is -2.31. The minimum Gasteiger partial charge on any atom is -0.480 e. The Kier molecular flexibility index (Phi) is 5.41. The predicted octanol–water partition coefficient (Wildman–Crippen LogP) is 1.47. The van der Waals surface area contributed by atoms with Gasteiger partial charge in [0.25, 0.3) is 0 Å². The molecule has 1 heterocycles. The fourth-order valence-electron chi connectivity index (χ4n) is 3.69. The minimum absolute atomic E-state index is 0.342. The zero-order valence-electron chi connectivity index (χ0n) is 12.7. The number of carboxylic acid groups (broad SMARTS) is 1. The summed E-state index contributed by atoms with van der Waals surface area (Å²) < 4.78 is 5.72. The second-order valence-electron chi connectivity index (χ2n) is 6.04. The van der Waals surface area contributed by atoms with Crippen LogP contribution in [0.3, 0.4) is 0 Å². The summed E-state index contributed by atoms with van der Waals surface area (Å²) in [5.41, 5.74) is -0.719. The number of likely N-dealkylation sites (N-methyl/N-ethyl adjacent to an activating group) is 2. The van der Waals surface area contributed by atoms with Gasteiger partial charge in [-0.05, 0) is 45.2 Å². The molecule has 3 atom stereocenters. The highest BCUT2D eigenvalue weighted by Crippen LogP contribution is 2.34. The molecule has 2 N–H and O–H groups in total. The molecule has 116 valence electrons. The van der Waals surface area contributed by atoms with Gasteiger partial charge in [-0.2, -0.15) is 0 Å². The highest BCUT2D eigenvalue weighted by molar-refractivity contribution is 5.79. The molecule has 3 unspecified atom stereocenters. The first-order valence-electron chi connectivity index (χ1n) is 7.95. The Morgan fingerprint density at radius 2 is 2.25 bits per heavy atom. The van der Waals surface area contributed by atoms with Gasteiger partial charge in [-0.3, -0.25) is 9.69 Å². The highest BCUT2D eigenvalue weighted by atomic mass is 16.5. The number of carbonyl (C=O) groups is 1. The number of nitrogens with zero attached hydrogens (tertiary/aromatic N) is 1. The monoisotopic (exact) mass is 284 g/mol. The van der Waals surface area contributed by atoms with Crippen molar-refractivity contribution in [1.29, 1.82) is 0 Å². The summed E-state index contributed by atoms with van der Waals surface area (Å²) in [6, 6.07) is 0.361. The normalized spacial score (nSPS) is 34.0. The quantitative estimate of drug-likeness (QED) is 0.741. The first-order chi connectivity index (χ1) is 9.61. The van der Waals surface area contributed by atoms with Crippen LogP contribution in [0.2, 0.25) is 0 Å². The number of hydrogen-bond donors (Lipinski definition) is 2. The molecule has 5 nitrogen and oxygen atoms in total. The van der Waals surface area contributed by atoms with E-state index in [2.05, 4.69) is 17.1 Å². The summed E-state index contributed by atoms with van der Waals surface area (Å²) in [5, 5.41) is 12.7. The van der Waals surface area contributed by atoms with E-state index < -0.39 is 11.5 Å². The standard InChI is InChI=1S/C15H28N2O3/c1-3-16-15(14(18)19)8-7-12(10-15)17(4-2)11-13-6-5-9-20-13/h12-13,16H,3-11H2,1-2H3,(H,18,19). The summed E-state index contributed by atoms with van der Waals surface area (Å²) in [6.45, 7) is 7.63. The number of aliphatic carboxylic acids is 1. The Bertz CT molecular complexity index is 331. The van der Waals surface area contributed by atoms with E-state index in [9.17, 15) is 9.90 Å². The molecule has 0 radical (unpaired) electrons. The number of hydrogen-bond acceptors (Lipinski definition) is 4. The largest absolute Gasteiger partial charge is 0.480 e. The van der Waals surface area contributed by atoms with Gasteiger partial charge in [-0.15, -0.1) is 0 Å². The maximum Gasteiger partial charge on any atom is 0.323 e. The first kappa shape index (κ1) is 15.7. The van der Waals surface area contributed by atoms with Crippen molar-refractivity contribution in [2.24, 2.45) is 0 Å². The number of ether oxygens (including phenoxy) is 1. The molecule has 0 spiro atoms. The third kappa shape index (κ3) is 3.32. The molecular formula is C15H28N2O3. The van der Waals surface area contributed by atoms with Gasteiger partial charge in [0.2, 0.25) is 0 Å². The molecule has 1 aliphatic carbocycles. The van der Waals surface area contributed by atoms with Crippen LogP contribution in [-0.2, 0) is 9.53 Å². The summed E-state index contributed by atoms with van der Waals surface area (Å²) in [5.74, 6) is -0.699. The highest BCUT2D eigenvalue weighted by Gasteiger charge is 2.46. The van der Waals surface area contributed by atoms with Crippen molar-refractivity contribution in [2.75, 3.05) is 26.2 Å². The SMILES string of the molecule is CCNC1(C(=O)O)CCC(N(CC)CC2CCCO2)C1. The van der Waals surface area contributed by atoms with E-state index in [0.717, 1.165) is 45.4 Å². The lowest BCUT2D eigenvalue weighted by molar-refractivity contribution is -0.144. The van der Waals surface area contributed by atoms with Crippen molar-refractivity contribution >= 4 is 5.97 Å². The molecule has 0 aromatic carbocycles. The maximum atomic E-state index is 11.6. The minimum atomic E-state index is -0.719. The topological polar surface area (TPSA) is 61.8 Å². The smallest absolute Gasteiger partial charge is 0.323 e. The van der Waals surface area contributed by atoms with E-state index in [1.165, 1.54) is 0 Å². The second-order valence-corrected chi connectivity index (χ2v) is 6.04. The van der Waals surface area contributed by atoms with E-state index in [-0.39, 0.29) is 0 Å². The summed E-state index contributed by atoms with van der Waals surface area (Å²) >= 11 is 0. The molecule has 1 saturated carbocycles. The van der Waals surface area contributed by atoms with Gasteiger partial charge in [0.15, 0.2) is 0 Å². The van der Waals surface area contributed by atoms with E-state index in [4.69, 9.17) is 4.74 Å². The molecule has 2 fully saturated rings. The van der Waals surface area contributed by atoms with E-state index >= 15 is 0 Å². The number of carboxylic acids is 1. The van der Waals surface area contributed by atoms with Crippen LogP contribution < -0.4 is 5.32 Å². The molecule has 2 aliphatic rings. The molecular weight excluding hydrogens is 256 g/mol. The zero-order valence-corrected chi connectivity index (χ0v) is 12.7. The van der Waals surface area contributed by atoms with Gasteiger partial charge < -0.3 is 15.2 Å². The lowest BCUT2D eigenvalue weighted by Crippen LogP contribution is -2.51. The van der Waals surface area contributed by atoms with Crippen LogP contribution in [0.25, 0.3) is 0 Å². The summed E-state index contributed by atoms with van der Waals surface area (Å²) in [6.07, 6.45) is 5.03. The average molecular weight is 284 g/mol. The van der Waals surface area contributed by atoms with Crippen LogP contribution in [0.4, 0.5) is 0 Å². The van der Waals surface area contributed by atoms with Gasteiger partial charge in [0, 0.05) is 19.2 Å². The average Bonchev–Trinajstić information content (AvgIpc) is 3.06. The molecule has 0 amide bonds. The molecule has 2 rings (SSSR count). The lowest BCUT2D eigenvalue weighted by atomic mass is 9.97. The van der Waals surface area contributed by atoms with Crippen LogP contribution in [0.1, 0.15) is 46.0 Å². The Hall–Kier alpha value is -0.650. The van der Waals surface area contributed by atoms with E-state index in [1.54, 1.807) is 0 Å². The van der Waals surface area contributed by atoms with Crippen molar-refractivity contribution in [3.63, 3.8) is 0 Å². The molecule has 1 saturated heterocycles. The Morgan fingerprint density at radius 3 is 2.80 bits per heavy atom. The van der Waals surface area contributed by atoms with Crippen LogP contribution in [0, 0.1) is 0 Å². The first-order valence-corrected chi connectivity index (χ1v) is 7.95. The third-order valence-electron chi connectivity index (χ3n) is 4.80. The fraction of sp³-hybridized carbons (Fsp3) is 0.933. The van der Waals surface area contributed by atoms with E-state index in [0.29, 0.717) is 25.1 Å². The van der Waals surface area contributed by atoms with Crippen molar-refractivity contribution < 1.29 is 14.6 Å². The van der Waals surface area contributed by atoms with Crippen molar-refractivity contribution in [2.45, 2.75) is 63.6 Å². The molecule has 0 aromatic rings. The number of nitrogens with one attached hydrogen (secondary N) is 1. The number of rotatable bonds is 7. The Labute approximate surface area is 121 Å². The van der Waals surface area contributed by atoms with Crippen molar-refractivity contribution in [3.05, 3.63) is 0 Å². The van der Waals surface area contributed by atoms with Crippen molar-refractivity contribution in [1.82, 2.24) is 10.2 Å². The third-order valence-corrected chi connectivity index (χ3v) is 4.80. The zero-order chi connectivity index (χ0) is 14.6. The molecule has 0 bridgehead atoms. The van der Waals surface area contributed by atoms with Gasteiger partial charge in [-0.25, -0.2) is 0 Å². The van der Waals surface area contributed by atoms with Crippen LogP contribution in [0.15, 0.2) is 0 Å². The molecule has 20 heavy (non-hydrogen) atoms. The van der Waals surface area contributed by atoms with E-state index in [1.807, 2.05) is 6.92 Å². The fourth-order valence-corrected chi connectivity index (χ4v) is 3.69. The second kappa shape index (κ2) is 6.87. The van der Waals surface area contributed by atoms with Gasteiger partial charge >= 0.3 is 5.97 Å². The summed E-state index contributed by atoms with van der Waals surface area (Å²) in [7, 11) is 0. The van der Waals surface area contributed by atoms with Crippen LogP contribution >= 0.6 is 0 Å². The van der Waals surface area contributed by atoms with Gasteiger partial charge in [0.1, 0.15) is 5.54 Å². The van der Waals surface area contributed by atoms with Crippen molar-refractivity contribution in [3.8, 4) is 0 Å². The van der Waals surface area contributed by atoms with Gasteiger partial charge in [0.05, 0.1) is 6.10 Å². The Balaban J connectivity index is 1.96. The van der Waals surface area contributed by atoms with Gasteiger partial charge in [-0.1, -0.05) is 13.8 Å². The van der Waals surface area contributed by atoms with Crippen LogP contribution in [0.5, 0.6) is 0 Å². The maximum absolute atomic E-state index is 11.6. The summed E-state index contributed by atoms with van der Waals surface area (Å²) in [4.78, 5) is 14.0. The molecule has 1 aliphatic heterocycles.